The van der Waals surface area contributed by atoms with Crippen molar-refractivity contribution in [3.63, 3.8) is 0 Å². The molecule has 1 fully saturated rings. The molecule has 3 N–H and O–H groups in total. The fourth-order valence-corrected chi connectivity index (χ4v) is 6.18. The number of hydrogen-bond donors (Lipinski definition) is 3. The summed E-state index contributed by atoms with van der Waals surface area (Å²) in [6.07, 6.45) is 2.84. The molecule has 6 nitrogen and oxygen atoms in total. The van der Waals surface area contributed by atoms with E-state index in [0.717, 1.165) is 12.0 Å². The topological polar surface area (TPSA) is 95.9 Å². The summed E-state index contributed by atoms with van der Waals surface area (Å²) >= 11 is 0. The number of ether oxygens (including phenoxy) is 1. The molecule has 1 amide bonds. The Labute approximate surface area is 186 Å². The van der Waals surface area contributed by atoms with Crippen LogP contribution >= 0.6 is 0 Å². The molecule has 0 bridgehead atoms. The number of rotatable bonds is 3. The van der Waals surface area contributed by atoms with Crippen molar-refractivity contribution in [3.8, 4) is 0 Å². The van der Waals surface area contributed by atoms with Crippen LogP contribution in [0, 0.1) is 29.1 Å². The largest absolute Gasteiger partial charge is 0.390 e. The molecule has 1 spiro atoms. The van der Waals surface area contributed by atoms with E-state index in [1.165, 1.54) is 12.7 Å². The molecule has 2 aliphatic carbocycles. The zero-order valence-corrected chi connectivity index (χ0v) is 19.7. The molecule has 0 aromatic carbocycles. The lowest BCUT2D eigenvalue weighted by molar-refractivity contribution is -0.149. The molecule has 1 saturated heterocycles. The van der Waals surface area contributed by atoms with Gasteiger partial charge in [0.05, 0.1) is 12.2 Å². The number of Topliss-reactive ketones (excluding diaryl/α,β-unsaturated/α-hetero) is 1. The van der Waals surface area contributed by atoms with Crippen molar-refractivity contribution >= 4 is 11.7 Å². The van der Waals surface area contributed by atoms with Crippen molar-refractivity contribution < 1.29 is 24.5 Å². The zero-order chi connectivity index (χ0) is 23.1. The Morgan fingerprint density at radius 1 is 1.19 bits per heavy atom. The molecule has 0 radical (unpaired) electrons. The average Bonchev–Trinajstić information content (AvgIpc) is 2.96. The number of aliphatic hydroxyl groups excluding tert-OH is 2. The molecular formula is C25H39NO5. The number of nitrogens with one attached hydrogen (secondary N) is 1. The van der Waals surface area contributed by atoms with Gasteiger partial charge in [-0.3, -0.25) is 9.59 Å². The number of ketones is 1. The second-order valence-corrected chi connectivity index (χ2v) is 10.3. The normalized spacial score (nSPS) is 41.6. The van der Waals surface area contributed by atoms with Crippen LogP contribution in [0.2, 0.25) is 0 Å². The van der Waals surface area contributed by atoms with Crippen molar-refractivity contribution in [1.82, 2.24) is 5.32 Å². The van der Waals surface area contributed by atoms with Crippen LogP contribution < -0.4 is 5.32 Å². The lowest BCUT2D eigenvalue weighted by Gasteiger charge is -2.45. The maximum absolute atomic E-state index is 13.9. The van der Waals surface area contributed by atoms with Gasteiger partial charge in [-0.15, -0.1) is 0 Å². The summed E-state index contributed by atoms with van der Waals surface area (Å²) in [7, 11) is 1.43. The van der Waals surface area contributed by atoms with Crippen LogP contribution in [-0.4, -0.2) is 53.4 Å². The zero-order valence-electron chi connectivity index (χ0n) is 19.7. The molecule has 1 heterocycles. The Balaban J connectivity index is 2.17. The highest BCUT2D eigenvalue weighted by Crippen LogP contribution is 2.55. The minimum Gasteiger partial charge on any atom is -0.390 e. The Morgan fingerprint density at radius 2 is 1.87 bits per heavy atom. The fraction of sp³-hybridized carbons (Fsp3) is 0.760. The predicted octanol–water partition coefficient (Wildman–Crippen LogP) is 2.78. The van der Waals surface area contributed by atoms with Gasteiger partial charge in [0.1, 0.15) is 11.5 Å². The number of carbonyl (C=O) groups excluding carboxylic acids is 2. The lowest BCUT2D eigenvalue weighted by atomic mass is 9.54. The minimum atomic E-state index is -1.24. The van der Waals surface area contributed by atoms with E-state index in [1.807, 2.05) is 13.0 Å². The van der Waals surface area contributed by atoms with E-state index in [-0.39, 0.29) is 41.9 Å². The Kier molecular flexibility index (Phi) is 7.14. The van der Waals surface area contributed by atoms with E-state index in [9.17, 15) is 19.8 Å². The molecule has 0 aromatic heterocycles. The highest BCUT2D eigenvalue weighted by atomic mass is 16.5. The number of amides is 1. The van der Waals surface area contributed by atoms with Crippen LogP contribution in [0.25, 0.3) is 0 Å². The van der Waals surface area contributed by atoms with Crippen LogP contribution in [0.4, 0.5) is 0 Å². The van der Waals surface area contributed by atoms with E-state index in [1.54, 1.807) is 0 Å². The standard InChI is InChI=1S/C25H39NO5/c1-13(2)9-18-22-16(5)15(4)11-17-10-14(3)7-8-19(27)23(31-6)20(28)12-21(29)25(17,22)24(30)26-18/h10-11,13,16-20,22-23,27-28H,7-9,12H2,1-6H3,(H,26,30). The van der Waals surface area contributed by atoms with Crippen LogP contribution in [-0.2, 0) is 14.3 Å². The second kappa shape index (κ2) is 9.16. The molecular weight excluding hydrogens is 394 g/mol. The van der Waals surface area contributed by atoms with Gasteiger partial charge in [0.25, 0.3) is 0 Å². The molecule has 8 atom stereocenters. The van der Waals surface area contributed by atoms with Crippen molar-refractivity contribution in [2.24, 2.45) is 29.1 Å². The summed E-state index contributed by atoms with van der Waals surface area (Å²) in [5.41, 5.74) is 0.979. The molecule has 3 rings (SSSR count). The molecule has 0 saturated carbocycles. The molecule has 174 valence electrons. The predicted molar refractivity (Wildman–Crippen MR) is 119 cm³/mol. The third kappa shape index (κ3) is 4.14. The summed E-state index contributed by atoms with van der Waals surface area (Å²) in [5, 5.41) is 24.6. The Morgan fingerprint density at radius 3 is 2.48 bits per heavy atom. The maximum Gasteiger partial charge on any atom is 0.235 e. The minimum absolute atomic E-state index is 0.0719. The summed E-state index contributed by atoms with van der Waals surface area (Å²) in [5.74, 6) is -0.559. The molecule has 0 aromatic rings. The fourth-order valence-electron chi connectivity index (χ4n) is 6.18. The third-order valence-electron chi connectivity index (χ3n) is 7.79. The van der Waals surface area contributed by atoms with E-state index in [2.05, 4.69) is 39.1 Å². The van der Waals surface area contributed by atoms with Crippen molar-refractivity contribution in [2.75, 3.05) is 7.11 Å². The quantitative estimate of drug-likeness (QED) is 0.470. The van der Waals surface area contributed by atoms with Crippen LogP contribution in [0.15, 0.2) is 23.3 Å². The van der Waals surface area contributed by atoms with Gasteiger partial charge in [0, 0.05) is 31.4 Å². The smallest absolute Gasteiger partial charge is 0.235 e. The van der Waals surface area contributed by atoms with E-state index < -0.39 is 23.7 Å². The number of carbonyl (C=O) groups is 2. The molecule has 31 heavy (non-hydrogen) atoms. The van der Waals surface area contributed by atoms with E-state index in [0.29, 0.717) is 18.8 Å². The average molecular weight is 434 g/mol. The first kappa shape index (κ1) is 24.1. The van der Waals surface area contributed by atoms with E-state index in [4.69, 9.17) is 4.74 Å². The Bertz CT molecular complexity index is 772. The summed E-state index contributed by atoms with van der Waals surface area (Å²) < 4.78 is 5.37. The van der Waals surface area contributed by atoms with Gasteiger partial charge in [0.2, 0.25) is 5.91 Å². The van der Waals surface area contributed by atoms with Crippen LogP contribution in [0.3, 0.4) is 0 Å². The number of aliphatic hydroxyl groups is 2. The monoisotopic (exact) mass is 433 g/mol. The van der Waals surface area contributed by atoms with Crippen molar-refractivity contribution in [3.05, 3.63) is 23.3 Å². The van der Waals surface area contributed by atoms with E-state index >= 15 is 0 Å². The van der Waals surface area contributed by atoms with Gasteiger partial charge < -0.3 is 20.3 Å². The van der Waals surface area contributed by atoms with Gasteiger partial charge in [-0.05, 0) is 44.9 Å². The molecule has 8 unspecified atom stereocenters. The van der Waals surface area contributed by atoms with Crippen LogP contribution in [0.1, 0.15) is 60.3 Å². The molecule has 6 heteroatoms. The van der Waals surface area contributed by atoms with Crippen molar-refractivity contribution in [2.45, 2.75) is 84.7 Å². The summed E-state index contributed by atoms with van der Waals surface area (Å²) in [6, 6.07) is -0.0858. The third-order valence-corrected chi connectivity index (χ3v) is 7.79. The summed E-state index contributed by atoms with van der Waals surface area (Å²) in [4.78, 5) is 27.6. The maximum atomic E-state index is 13.9. The number of allylic oxidation sites excluding steroid dienone is 4. The second-order valence-electron chi connectivity index (χ2n) is 10.3. The highest BCUT2D eigenvalue weighted by molar-refractivity contribution is 6.09. The number of hydrogen-bond acceptors (Lipinski definition) is 5. The first-order valence-electron chi connectivity index (χ1n) is 11.6. The number of methoxy groups -OCH3 is 1. The molecule has 3 aliphatic rings. The van der Waals surface area contributed by atoms with Gasteiger partial charge in [-0.1, -0.05) is 44.1 Å². The van der Waals surface area contributed by atoms with Gasteiger partial charge in [-0.25, -0.2) is 0 Å². The van der Waals surface area contributed by atoms with Crippen molar-refractivity contribution in [1.29, 1.82) is 0 Å². The first-order chi connectivity index (χ1) is 14.5. The lowest BCUT2D eigenvalue weighted by Crippen LogP contribution is -2.54. The van der Waals surface area contributed by atoms with Gasteiger partial charge in [-0.2, -0.15) is 0 Å². The summed E-state index contributed by atoms with van der Waals surface area (Å²) in [6.45, 7) is 10.4. The SMILES string of the molecule is COC1C(O)CCC(C)=CC2C=C(C)C(C)C3C(CC(C)C)NC(=O)C23C(=O)CC1O. The highest BCUT2D eigenvalue weighted by Gasteiger charge is 2.65. The Hall–Kier alpha value is -1.50. The van der Waals surface area contributed by atoms with Crippen LogP contribution in [0.5, 0.6) is 0 Å². The first-order valence-corrected chi connectivity index (χ1v) is 11.6. The van der Waals surface area contributed by atoms with Gasteiger partial charge >= 0.3 is 0 Å². The molecule has 1 aliphatic heterocycles. The van der Waals surface area contributed by atoms with Gasteiger partial charge in [0.15, 0.2) is 5.78 Å².